The smallest absolute Gasteiger partial charge is 0.235 e. The van der Waals surface area contributed by atoms with Gasteiger partial charge in [-0.25, -0.2) is 0 Å². The third kappa shape index (κ3) is 4.43. The lowest BCUT2D eigenvalue weighted by Crippen LogP contribution is -2.74. The molecule has 0 saturated heterocycles. The van der Waals surface area contributed by atoms with Crippen molar-refractivity contribution in [3.8, 4) is 17.1 Å². The number of carbonyl (C=O) groups excluding carboxylic acids is 5. The van der Waals surface area contributed by atoms with Gasteiger partial charge in [0.2, 0.25) is 5.91 Å². The molecule has 1 aromatic carbocycles. The second-order valence-electron chi connectivity index (χ2n) is 12.6. The molecule has 1 heterocycles. The van der Waals surface area contributed by atoms with Crippen molar-refractivity contribution >= 4 is 29.0 Å². The SMILES string of the molecule is CN(C)C1C(=O)C(C(N)=O)C(=O)C2(O)C(=O)C3C(=O)c4c(O)ccc(-c5ccc(CNC(C)(C)C)o5)c4CC3CC12. The maximum absolute atomic E-state index is 13.9. The zero-order chi connectivity index (χ0) is 30.2. The van der Waals surface area contributed by atoms with Crippen molar-refractivity contribution in [3.63, 3.8) is 0 Å². The molecule has 218 valence electrons. The lowest BCUT2D eigenvalue weighted by Gasteiger charge is -2.52. The van der Waals surface area contributed by atoms with Crippen molar-refractivity contribution in [1.82, 2.24) is 10.2 Å². The predicted molar refractivity (Wildman–Crippen MR) is 146 cm³/mol. The van der Waals surface area contributed by atoms with E-state index in [1.807, 2.05) is 26.8 Å². The molecule has 5 N–H and O–H groups in total. The first-order chi connectivity index (χ1) is 19.1. The number of nitrogens with zero attached hydrogens (tertiary/aromatic N) is 1. The molecule has 1 aromatic heterocycles. The summed E-state index contributed by atoms with van der Waals surface area (Å²) in [5, 5.41) is 25.8. The molecule has 1 amide bonds. The quantitative estimate of drug-likeness (QED) is 0.382. The number of ketones is 4. The number of amides is 1. The Morgan fingerprint density at radius 2 is 1.80 bits per heavy atom. The maximum Gasteiger partial charge on any atom is 0.235 e. The number of Topliss-reactive ketones (excluding diaryl/α,β-unsaturated/α-hetero) is 4. The highest BCUT2D eigenvalue weighted by Gasteiger charge is 2.69. The van der Waals surface area contributed by atoms with Gasteiger partial charge in [-0.15, -0.1) is 0 Å². The summed E-state index contributed by atoms with van der Waals surface area (Å²) in [5.74, 6) is -9.59. The van der Waals surface area contributed by atoms with Gasteiger partial charge in [-0.2, -0.15) is 0 Å². The predicted octanol–water partition coefficient (Wildman–Crippen LogP) is 1.02. The van der Waals surface area contributed by atoms with Crippen LogP contribution in [0.5, 0.6) is 5.75 Å². The van der Waals surface area contributed by atoms with Gasteiger partial charge in [-0.3, -0.25) is 28.9 Å². The maximum atomic E-state index is 13.9. The van der Waals surface area contributed by atoms with Crippen LogP contribution in [0.4, 0.5) is 0 Å². The molecular weight excluding hydrogens is 530 g/mol. The molecule has 6 unspecified atom stereocenters. The Hall–Kier alpha value is -3.67. The number of aliphatic hydroxyl groups is 1. The molecule has 0 spiro atoms. The van der Waals surface area contributed by atoms with E-state index in [2.05, 4.69) is 5.32 Å². The normalized spacial score (nSPS) is 29.8. The zero-order valence-electron chi connectivity index (χ0n) is 23.7. The van der Waals surface area contributed by atoms with Crippen molar-refractivity contribution in [3.05, 3.63) is 41.2 Å². The Morgan fingerprint density at radius 1 is 1.12 bits per heavy atom. The Kier molecular flexibility index (Phi) is 6.83. The summed E-state index contributed by atoms with van der Waals surface area (Å²) in [6.45, 7) is 6.57. The molecule has 2 saturated carbocycles. The highest BCUT2D eigenvalue weighted by molar-refractivity contribution is 6.32. The summed E-state index contributed by atoms with van der Waals surface area (Å²) in [5.41, 5.74) is 3.47. The van der Waals surface area contributed by atoms with Gasteiger partial charge in [0.25, 0.3) is 0 Å². The lowest BCUT2D eigenvalue weighted by atomic mass is 9.52. The minimum absolute atomic E-state index is 0.0160. The molecule has 5 rings (SSSR count). The van der Waals surface area contributed by atoms with Crippen LogP contribution < -0.4 is 11.1 Å². The highest BCUT2D eigenvalue weighted by Crippen LogP contribution is 2.51. The molecular formula is C30H35N3O8. The van der Waals surface area contributed by atoms with E-state index in [1.165, 1.54) is 11.0 Å². The van der Waals surface area contributed by atoms with Crippen LogP contribution in [0.15, 0.2) is 28.7 Å². The number of phenolic OH excluding ortho intramolecular Hbond substituents is 1. The first-order valence-corrected chi connectivity index (χ1v) is 13.6. The fraction of sp³-hybridized carbons (Fsp3) is 0.500. The van der Waals surface area contributed by atoms with Gasteiger partial charge < -0.3 is 25.7 Å². The highest BCUT2D eigenvalue weighted by atomic mass is 16.3. The third-order valence-electron chi connectivity index (χ3n) is 8.66. The Balaban J connectivity index is 1.57. The van der Waals surface area contributed by atoms with Crippen LogP contribution in [-0.4, -0.2) is 75.4 Å². The van der Waals surface area contributed by atoms with Crippen molar-refractivity contribution in [2.75, 3.05) is 14.1 Å². The summed E-state index contributed by atoms with van der Waals surface area (Å²) < 4.78 is 6.07. The van der Waals surface area contributed by atoms with Crippen LogP contribution in [0.25, 0.3) is 11.3 Å². The fourth-order valence-electron chi connectivity index (χ4n) is 6.81. The second kappa shape index (κ2) is 9.71. The standard InChI is InChI=1S/C30H35N3O8/c1-29(2,3)32-12-14-6-9-19(41-14)15-7-8-18(34)21-16(15)10-13-11-17-23(33(4)5)25(36)22(28(31)39)27(38)30(17,40)26(37)20(13)24(21)35/h6-9,13,17,20,22-23,32,34,40H,10-12H2,1-5H3,(H2,31,39). The molecule has 3 aliphatic rings. The summed E-state index contributed by atoms with van der Waals surface area (Å²) in [6.07, 6.45) is 0.143. The molecule has 2 fully saturated rings. The average Bonchev–Trinajstić information content (AvgIpc) is 3.33. The van der Waals surface area contributed by atoms with E-state index in [0.717, 1.165) is 0 Å². The van der Waals surface area contributed by atoms with Crippen LogP contribution in [0.2, 0.25) is 0 Å². The van der Waals surface area contributed by atoms with Crippen LogP contribution in [0.1, 0.15) is 48.9 Å². The number of nitrogens with two attached hydrogens (primary N) is 1. The van der Waals surface area contributed by atoms with E-state index in [-0.39, 0.29) is 29.7 Å². The summed E-state index contributed by atoms with van der Waals surface area (Å²) in [6, 6.07) is 5.45. The van der Waals surface area contributed by atoms with Gasteiger partial charge in [-0.05, 0) is 83.5 Å². The summed E-state index contributed by atoms with van der Waals surface area (Å²) >= 11 is 0. The van der Waals surface area contributed by atoms with Crippen LogP contribution in [0.3, 0.4) is 0 Å². The Morgan fingerprint density at radius 3 is 2.41 bits per heavy atom. The van der Waals surface area contributed by atoms with Crippen molar-refractivity contribution in [1.29, 1.82) is 0 Å². The average molecular weight is 566 g/mol. The van der Waals surface area contributed by atoms with Gasteiger partial charge in [-0.1, -0.05) is 0 Å². The summed E-state index contributed by atoms with van der Waals surface area (Å²) in [4.78, 5) is 68.0. The first-order valence-electron chi connectivity index (χ1n) is 13.6. The number of hydrogen-bond acceptors (Lipinski definition) is 10. The number of benzene rings is 1. The van der Waals surface area contributed by atoms with E-state index in [0.29, 0.717) is 29.2 Å². The number of likely N-dealkylation sites (N-methyl/N-ethyl adjacent to an activating group) is 1. The van der Waals surface area contributed by atoms with Gasteiger partial charge in [0.1, 0.15) is 17.3 Å². The number of fused-ring (bicyclic) bond motifs is 3. The van der Waals surface area contributed by atoms with E-state index in [4.69, 9.17) is 10.2 Å². The molecule has 41 heavy (non-hydrogen) atoms. The Bertz CT molecular complexity index is 1480. The zero-order valence-corrected chi connectivity index (χ0v) is 23.7. The number of furan rings is 1. The molecule has 0 bridgehead atoms. The van der Waals surface area contributed by atoms with Gasteiger partial charge in [0.15, 0.2) is 34.7 Å². The van der Waals surface area contributed by atoms with Crippen molar-refractivity contribution in [2.45, 2.75) is 57.3 Å². The van der Waals surface area contributed by atoms with E-state index in [9.17, 15) is 34.2 Å². The molecule has 0 radical (unpaired) electrons. The molecule has 11 heteroatoms. The minimum atomic E-state index is -2.75. The number of primary amides is 1. The topological polar surface area (TPSA) is 180 Å². The number of rotatable bonds is 5. The van der Waals surface area contributed by atoms with E-state index < -0.39 is 64.4 Å². The van der Waals surface area contributed by atoms with Gasteiger partial charge >= 0.3 is 0 Å². The second-order valence-corrected chi connectivity index (χ2v) is 12.6. The minimum Gasteiger partial charge on any atom is -0.507 e. The van der Waals surface area contributed by atoms with Gasteiger partial charge in [0.05, 0.1) is 24.1 Å². The Labute approximate surface area is 237 Å². The molecule has 11 nitrogen and oxygen atoms in total. The van der Waals surface area contributed by atoms with E-state index >= 15 is 0 Å². The van der Waals surface area contributed by atoms with Crippen LogP contribution in [0, 0.1) is 23.7 Å². The van der Waals surface area contributed by atoms with Crippen molar-refractivity contribution in [2.24, 2.45) is 29.4 Å². The number of nitrogens with one attached hydrogen (secondary N) is 1. The lowest BCUT2D eigenvalue weighted by molar-refractivity contribution is -0.181. The summed E-state index contributed by atoms with van der Waals surface area (Å²) in [7, 11) is 3.10. The van der Waals surface area contributed by atoms with Crippen molar-refractivity contribution < 1.29 is 38.6 Å². The number of aromatic hydroxyl groups is 1. The number of phenols is 1. The molecule has 6 atom stereocenters. The van der Waals surface area contributed by atoms with E-state index in [1.54, 1.807) is 26.2 Å². The number of hydrogen-bond donors (Lipinski definition) is 4. The number of carbonyl (C=O) groups is 5. The first kappa shape index (κ1) is 28.8. The molecule has 2 aromatic rings. The largest absolute Gasteiger partial charge is 0.507 e. The van der Waals surface area contributed by atoms with Crippen LogP contribution in [-0.2, 0) is 32.1 Å². The molecule has 3 aliphatic carbocycles. The third-order valence-corrected chi connectivity index (χ3v) is 8.66. The molecule has 0 aliphatic heterocycles. The monoisotopic (exact) mass is 565 g/mol. The fourth-order valence-corrected chi connectivity index (χ4v) is 6.81. The van der Waals surface area contributed by atoms with Gasteiger partial charge in [0, 0.05) is 17.0 Å². The van der Waals surface area contributed by atoms with Crippen LogP contribution >= 0.6 is 0 Å².